The van der Waals surface area contributed by atoms with Gasteiger partial charge in [-0.05, 0) is 24.6 Å². The van der Waals surface area contributed by atoms with Crippen molar-refractivity contribution in [3.05, 3.63) is 33.6 Å². The first-order valence-electron chi connectivity index (χ1n) is 4.73. The molecular formula is C10H10BrN3O. The maximum atomic E-state index is 10.1. The van der Waals surface area contributed by atoms with Crippen LogP contribution in [-0.4, -0.2) is 12.4 Å². The number of benzene rings is 1. The third kappa shape index (κ3) is 2.23. The van der Waals surface area contributed by atoms with E-state index >= 15 is 0 Å². The first-order chi connectivity index (χ1) is 7.31. The molecule has 1 aliphatic heterocycles. The molecule has 15 heavy (non-hydrogen) atoms. The number of hydrogen-bond donors (Lipinski definition) is 0. The van der Waals surface area contributed by atoms with Crippen molar-refractivity contribution in [2.75, 3.05) is 11.4 Å². The summed E-state index contributed by atoms with van der Waals surface area (Å²) in [6.07, 6.45) is 1.83. The molecule has 0 spiro atoms. The lowest BCUT2D eigenvalue weighted by atomic mass is 10.3. The van der Waals surface area contributed by atoms with Crippen LogP contribution in [0.25, 0.3) is 0 Å². The van der Waals surface area contributed by atoms with E-state index in [0.29, 0.717) is 0 Å². The number of amidine groups is 1. The van der Waals surface area contributed by atoms with E-state index in [0.717, 1.165) is 35.4 Å². The Morgan fingerprint density at radius 2 is 2.27 bits per heavy atom. The Morgan fingerprint density at radius 3 is 3.00 bits per heavy atom. The van der Waals surface area contributed by atoms with Crippen LogP contribution in [0.5, 0.6) is 0 Å². The summed E-state index contributed by atoms with van der Waals surface area (Å²) in [6, 6.07) is 7.93. The lowest BCUT2D eigenvalue weighted by Gasteiger charge is -2.17. The summed E-state index contributed by atoms with van der Waals surface area (Å²) in [4.78, 5) is 12.2. The van der Waals surface area contributed by atoms with Gasteiger partial charge in [0.1, 0.15) is 5.84 Å². The molecule has 0 radical (unpaired) electrons. The van der Waals surface area contributed by atoms with Gasteiger partial charge in [-0.3, -0.25) is 0 Å². The fourth-order valence-corrected chi connectivity index (χ4v) is 2.12. The Hall–Kier alpha value is -1.23. The average Bonchev–Trinajstić information content (AvgIpc) is 2.66. The molecule has 0 atom stereocenters. The van der Waals surface area contributed by atoms with Gasteiger partial charge in [-0.25, -0.2) is 0 Å². The zero-order valence-corrected chi connectivity index (χ0v) is 9.64. The van der Waals surface area contributed by atoms with E-state index in [4.69, 9.17) is 0 Å². The molecule has 1 aliphatic rings. The lowest BCUT2D eigenvalue weighted by molar-refractivity contribution is 0.956. The number of hydrogen-bond acceptors (Lipinski definition) is 2. The van der Waals surface area contributed by atoms with E-state index < -0.39 is 0 Å². The molecule has 0 N–H and O–H groups in total. The average molecular weight is 268 g/mol. The molecule has 4 nitrogen and oxygen atoms in total. The van der Waals surface area contributed by atoms with Crippen molar-refractivity contribution in [2.24, 2.45) is 10.4 Å². The number of nitrogens with zero attached hydrogens (tertiary/aromatic N) is 3. The molecular weight excluding hydrogens is 258 g/mol. The van der Waals surface area contributed by atoms with Gasteiger partial charge in [-0.2, -0.15) is 0 Å². The standard InChI is InChI=1S/C10H10BrN3O/c11-8-3-1-4-9(7-8)14-6-2-5-10(14)12-13-15/h1,3-4,7H,2,5-6H2/b12-10+. The van der Waals surface area contributed by atoms with E-state index in [-0.39, 0.29) is 0 Å². The Bertz CT molecular complexity index is 405. The third-order valence-corrected chi connectivity index (χ3v) is 2.86. The fourth-order valence-electron chi connectivity index (χ4n) is 1.73. The van der Waals surface area contributed by atoms with Gasteiger partial charge in [0, 0.05) is 23.1 Å². The van der Waals surface area contributed by atoms with E-state index in [2.05, 4.69) is 26.3 Å². The predicted octanol–water partition coefficient (Wildman–Crippen LogP) is 3.13. The summed E-state index contributed by atoms with van der Waals surface area (Å²) in [5.74, 6) is 0.753. The van der Waals surface area contributed by atoms with Gasteiger partial charge in [-0.15, -0.1) is 4.91 Å². The third-order valence-electron chi connectivity index (χ3n) is 2.37. The molecule has 0 bridgehead atoms. The minimum absolute atomic E-state index is 0.753. The van der Waals surface area contributed by atoms with Crippen molar-refractivity contribution >= 4 is 27.5 Å². The largest absolute Gasteiger partial charge is 0.328 e. The quantitative estimate of drug-likeness (QED) is 0.611. The van der Waals surface area contributed by atoms with Gasteiger partial charge in [0.15, 0.2) is 0 Å². The SMILES string of the molecule is O=N/N=C1\CCCN1c1cccc(Br)c1. The molecule has 5 heteroatoms. The minimum Gasteiger partial charge on any atom is -0.328 e. The molecule has 1 heterocycles. The normalized spacial score (nSPS) is 18.5. The summed E-state index contributed by atoms with van der Waals surface area (Å²) in [7, 11) is 0. The molecule has 0 unspecified atom stereocenters. The van der Waals surface area contributed by atoms with Crippen molar-refractivity contribution in [3.8, 4) is 0 Å². The van der Waals surface area contributed by atoms with E-state index in [1.54, 1.807) is 0 Å². The topological polar surface area (TPSA) is 45.0 Å². The molecule has 2 rings (SSSR count). The maximum Gasteiger partial charge on any atom is 0.135 e. The second-order valence-corrected chi connectivity index (χ2v) is 4.25. The summed E-state index contributed by atoms with van der Waals surface area (Å²) < 4.78 is 1.02. The zero-order chi connectivity index (χ0) is 10.7. The Kier molecular flexibility index (Phi) is 3.11. The molecule has 78 valence electrons. The highest BCUT2D eigenvalue weighted by molar-refractivity contribution is 9.10. The predicted molar refractivity (Wildman–Crippen MR) is 64.0 cm³/mol. The summed E-state index contributed by atoms with van der Waals surface area (Å²) >= 11 is 3.42. The molecule has 0 saturated carbocycles. The fraction of sp³-hybridized carbons (Fsp3) is 0.300. The van der Waals surface area contributed by atoms with E-state index in [9.17, 15) is 4.91 Å². The van der Waals surface area contributed by atoms with E-state index in [1.165, 1.54) is 0 Å². The Labute approximate surface area is 96.1 Å². The first-order valence-corrected chi connectivity index (χ1v) is 5.53. The van der Waals surface area contributed by atoms with Gasteiger partial charge >= 0.3 is 0 Å². The van der Waals surface area contributed by atoms with Gasteiger partial charge in [0.2, 0.25) is 0 Å². The van der Waals surface area contributed by atoms with Crippen molar-refractivity contribution in [3.63, 3.8) is 0 Å². The Morgan fingerprint density at radius 1 is 1.40 bits per heavy atom. The lowest BCUT2D eigenvalue weighted by Crippen LogP contribution is -2.23. The van der Waals surface area contributed by atoms with Crippen LogP contribution in [0.4, 0.5) is 5.69 Å². The van der Waals surface area contributed by atoms with Crippen LogP contribution < -0.4 is 4.90 Å². The van der Waals surface area contributed by atoms with E-state index in [1.807, 2.05) is 29.2 Å². The second-order valence-electron chi connectivity index (χ2n) is 3.33. The molecule has 1 fully saturated rings. The summed E-state index contributed by atoms with van der Waals surface area (Å²) in [5.41, 5.74) is 1.05. The smallest absolute Gasteiger partial charge is 0.135 e. The van der Waals surface area contributed by atoms with Crippen LogP contribution in [0.2, 0.25) is 0 Å². The number of rotatable bonds is 2. The second kappa shape index (κ2) is 4.53. The minimum atomic E-state index is 0.753. The van der Waals surface area contributed by atoms with Crippen LogP contribution in [0.3, 0.4) is 0 Å². The van der Waals surface area contributed by atoms with Crippen LogP contribution >= 0.6 is 15.9 Å². The van der Waals surface area contributed by atoms with Crippen LogP contribution in [0.15, 0.2) is 39.1 Å². The molecule has 1 saturated heterocycles. The highest BCUT2D eigenvalue weighted by Crippen LogP contribution is 2.25. The van der Waals surface area contributed by atoms with Crippen molar-refractivity contribution in [1.82, 2.24) is 0 Å². The number of nitroso groups, excluding NO2 is 1. The molecule has 0 aliphatic carbocycles. The monoisotopic (exact) mass is 267 g/mol. The molecule has 1 aromatic carbocycles. The van der Waals surface area contributed by atoms with Gasteiger partial charge in [0.05, 0.1) is 5.29 Å². The van der Waals surface area contributed by atoms with Gasteiger partial charge < -0.3 is 4.90 Å². The number of halogens is 1. The summed E-state index contributed by atoms with van der Waals surface area (Å²) in [5, 5.41) is 6.21. The van der Waals surface area contributed by atoms with Crippen molar-refractivity contribution < 1.29 is 0 Å². The van der Waals surface area contributed by atoms with Crippen LogP contribution in [0, 0.1) is 4.91 Å². The van der Waals surface area contributed by atoms with Gasteiger partial charge in [0.25, 0.3) is 0 Å². The highest BCUT2D eigenvalue weighted by atomic mass is 79.9. The zero-order valence-electron chi connectivity index (χ0n) is 8.06. The first kappa shape index (κ1) is 10.3. The van der Waals surface area contributed by atoms with Crippen molar-refractivity contribution in [1.29, 1.82) is 0 Å². The van der Waals surface area contributed by atoms with Crippen LogP contribution in [0.1, 0.15) is 12.8 Å². The molecule has 1 aromatic rings. The van der Waals surface area contributed by atoms with Crippen LogP contribution in [-0.2, 0) is 0 Å². The molecule has 0 amide bonds. The number of anilines is 1. The van der Waals surface area contributed by atoms with Crippen molar-refractivity contribution in [2.45, 2.75) is 12.8 Å². The maximum absolute atomic E-state index is 10.1. The summed E-state index contributed by atoms with van der Waals surface area (Å²) in [6.45, 7) is 0.894. The van der Waals surface area contributed by atoms with Gasteiger partial charge in [-0.1, -0.05) is 27.1 Å². The molecule has 0 aromatic heterocycles. The highest BCUT2D eigenvalue weighted by Gasteiger charge is 2.20. The Balaban J connectivity index is 2.30.